The number of nitrogens with one attached hydrogen (secondary N) is 1. The lowest BCUT2D eigenvalue weighted by Gasteiger charge is -2.31. The van der Waals surface area contributed by atoms with Crippen molar-refractivity contribution in [3.05, 3.63) is 54.0 Å². The monoisotopic (exact) mass is 361 g/mol. The minimum atomic E-state index is -0.0213. The first-order chi connectivity index (χ1) is 13.1. The largest absolute Gasteiger partial charge is 0.339 e. The van der Waals surface area contributed by atoms with Crippen LogP contribution in [0.3, 0.4) is 0 Å². The van der Waals surface area contributed by atoms with Crippen LogP contribution in [0.5, 0.6) is 0 Å². The van der Waals surface area contributed by atoms with Crippen LogP contribution in [0.15, 0.2) is 42.9 Å². The van der Waals surface area contributed by atoms with Crippen LogP contribution < -0.4 is 5.32 Å². The van der Waals surface area contributed by atoms with Gasteiger partial charge in [-0.15, -0.1) is 0 Å². The number of fused-ring (bicyclic) bond motifs is 1. The number of nitrogens with zero attached hydrogens (tertiary/aromatic N) is 4. The van der Waals surface area contributed by atoms with E-state index in [2.05, 4.69) is 33.3 Å². The van der Waals surface area contributed by atoms with Gasteiger partial charge in [0.2, 0.25) is 0 Å². The molecule has 6 heteroatoms. The summed E-state index contributed by atoms with van der Waals surface area (Å²) in [6.07, 6.45) is 7.02. The van der Waals surface area contributed by atoms with Crippen molar-refractivity contribution in [3.63, 3.8) is 0 Å². The van der Waals surface area contributed by atoms with Crippen LogP contribution in [0.1, 0.15) is 28.8 Å². The van der Waals surface area contributed by atoms with Crippen molar-refractivity contribution in [1.82, 2.24) is 25.2 Å². The summed E-state index contributed by atoms with van der Waals surface area (Å²) in [5, 5.41) is 4.41. The lowest BCUT2D eigenvalue weighted by molar-refractivity contribution is 0.0702. The van der Waals surface area contributed by atoms with Crippen LogP contribution in [-0.2, 0) is 0 Å². The highest BCUT2D eigenvalue weighted by molar-refractivity contribution is 5.94. The summed E-state index contributed by atoms with van der Waals surface area (Å²) >= 11 is 0. The Morgan fingerprint density at radius 2 is 1.85 bits per heavy atom. The molecular formula is C21H23N5O. The summed E-state index contributed by atoms with van der Waals surface area (Å²) in [6, 6.07) is 8.26. The zero-order chi connectivity index (χ0) is 18.8. The molecule has 1 fully saturated rings. The fraction of sp³-hybridized carbons (Fsp3) is 0.333. The van der Waals surface area contributed by atoms with E-state index in [0.717, 1.165) is 48.0 Å². The Kier molecular flexibility index (Phi) is 4.81. The molecule has 0 bridgehead atoms. The predicted octanol–water partition coefficient (Wildman–Crippen LogP) is 2.82. The van der Waals surface area contributed by atoms with Gasteiger partial charge in [-0.25, -0.2) is 9.97 Å². The molecule has 1 aromatic carbocycles. The van der Waals surface area contributed by atoms with Crippen molar-refractivity contribution < 1.29 is 4.79 Å². The van der Waals surface area contributed by atoms with E-state index >= 15 is 0 Å². The van der Waals surface area contributed by atoms with Gasteiger partial charge in [-0.1, -0.05) is 0 Å². The zero-order valence-electron chi connectivity index (χ0n) is 15.6. The Labute approximate surface area is 158 Å². The van der Waals surface area contributed by atoms with Gasteiger partial charge in [0, 0.05) is 42.6 Å². The number of aryl methyl sites for hydroxylation is 1. The average molecular weight is 361 g/mol. The number of piperidine rings is 1. The Hall–Kier alpha value is -2.86. The van der Waals surface area contributed by atoms with Crippen molar-refractivity contribution in [3.8, 4) is 11.4 Å². The van der Waals surface area contributed by atoms with Crippen LogP contribution in [0, 0.1) is 6.92 Å². The molecule has 1 aliphatic heterocycles. The van der Waals surface area contributed by atoms with Gasteiger partial charge in [0.1, 0.15) is 0 Å². The molecule has 138 valence electrons. The third-order valence-electron chi connectivity index (χ3n) is 5.29. The highest BCUT2D eigenvalue weighted by Crippen LogP contribution is 2.23. The van der Waals surface area contributed by atoms with E-state index in [1.165, 1.54) is 0 Å². The number of carbonyl (C=O) groups excluding carboxylic acids is 1. The first-order valence-electron chi connectivity index (χ1n) is 9.29. The SMILES string of the molecule is Cc1ccnc2ccc(-c3ncc(C(=O)N(C)C4CCNCC4)cn3)cc12. The average Bonchev–Trinajstić information content (AvgIpc) is 2.73. The van der Waals surface area contributed by atoms with Gasteiger partial charge in [-0.05, 0) is 62.7 Å². The fourth-order valence-corrected chi connectivity index (χ4v) is 3.57. The summed E-state index contributed by atoms with van der Waals surface area (Å²) in [4.78, 5) is 27.8. The molecule has 0 aliphatic carbocycles. The Bertz CT molecular complexity index is 964. The molecule has 1 N–H and O–H groups in total. The number of hydrogen-bond donors (Lipinski definition) is 1. The third kappa shape index (κ3) is 3.53. The van der Waals surface area contributed by atoms with Crippen LogP contribution in [-0.4, -0.2) is 51.9 Å². The number of pyridine rings is 1. The van der Waals surface area contributed by atoms with E-state index in [4.69, 9.17) is 0 Å². The molecule has 2 aromatic heterocycles. The van der Waals surface area contributed by atoms with E-state index in [9.17, 15) is 4.79 Å². The van der Waals surface area contributed by atoms with Gasteiger partial charge in [0.05, 0.1) is 11.1 Å². The van der Waals surface area contributed by atoms with Crippen molar-refractivity contribution >= 4 is 16.8 Å². The zero-order valence-corrected chi connectivity index (χ0v) is 15.6. The molecule has 1 amide bonds. The van der Waals surface area contributed by atoms with Crippen molar-refractivity contribution in [2.75, 3.05) is 20.1 Å². The van der Waals surface area contributed by atoms with E-state index < -0.39 is 0 Å². The van der Waals surface area contributed by atoms with Crippen LogP contribution in [0.2, 0.25) is 0 Å². The summed E-state index contributed by atoms with van der Waals surface area (Å²) in [5.74, 6) is 0.591. The molecule has 0 spiro atoms. The highest BCUT2D eigenvalue weighted by atomic mass is 16.2. The number of rotatable bonds is 3. The van der Waals surface area contributed by atoms with Crippen LogP contribution in [0.25, 0.3) is 22.3 Å². The lowest BCUT2D eigenvalue weighted by atomic mass is 10.0. The molecule has 0 saturated carbocycles. The minimum absolute atomic E-state index is 0.0213. The molecule has 1 aliphatic rings. The number of amides is 1. The van der Waals surface area contributed by atoms with E-state index in [-0.39, 0.29) is 11.9 Å². The lowest BCUT2D eigenvalue weighted by Crippen LogP contribution is -2.44. The third-order valence-corrected chi connectivity index (χ3v) is 5.29. The van der Waals surface area contributed by atoms with Crippen molar-refractivity contribution in [2.45, 2.75) is 25.8 Å². The first kappa shape index (κ1) is 17.5. The second-order valence-corrected chi connectivity index (χ2v) is 7.05. The van der Waals surface area contributed by atoms with E-state index in [1.807, 2.05) is 36.3 Å². The topological polar surface area (TPSA) is 71.0 Å². The fourth-order valence-electron chi connectivity index (χ4n) is 3.57. The molecule has 1 saturated heterocycles. The van der Waals surface area contributed by atoms with Crippen LogP contribution in [0.4, 0.5) is 0 Å². The summed E-state index contributed by atoms with van der Waals surface area (Å²) < 4.78 is 0. The Balaban J connectivity index is 1.56. The maximum absolute atomic E-state index is 12.7. The molecule has 4 rings (SSSR count). The standard InChI is InChI=1S/C21H23N5O/c1-14-5-10-23-19-4-3-15(11-18(14)19)20-24-12-16(13-25-20)21(27)26(2)17-6-8-22-9-7-17/h3-5,10-13,17,22H,6-9H2,1-2H3. The molecule has 6 nitrogen and oxygen atoms in total. The van der Waals surface area contributed by atoms with Crippen LogP contribution >= 0.6 is 0 Å². The normalized spacial score (nSPS) is 15.0. The number of carbonyl (C=O) groups is 1. The Morgan fingerprint density at radius 1 is 1.11 bits per heavy atom. The van der Waals surface area contributed by atoms with Gasteiger partial charge in [-0.2, -0.15) is 0 Å². The number of benzene rings is 1. The molecule has 3 aromatic rings. The second kappa shape index (κ2) is 7.40. The van der Waals surface area contributed by atoms with Gasteiger partial charge in [-0.3, -0.25) is 9.78 Å². The predicted molar refractivity (Wildman–Crippen MR) is 105 cm³/mol. The molecule has 0 atom stereocenters. The second-order valence-electron chi connectivity index (χ2n) is 7.05. The molecule has 0 unspecified atom stereocenters. The van der Waals surface area contributed by atoms with Crippen molar-refractivity contribution in [2.24, 2.45) is 0 Å². The van der Waals surface area contributed by atoms with Gasteiger partial charge in [0.25, 0.3) is 5.91 Å². The Morgan fingerprint density at radius 3 is 2.59 bits per heavy atom. The molecule has 27 heavy (non-hydrogen) atoms. The molecular weight excluding hydrogens is 338 g/mol. The maximum Gasteiger partial charge on any atom is 0.256 e. The molecule has 3 heterocycles. The van der Waals surface area contributed by atoms with Crippen molar-refractivity contribution in [1.29, 1.82) is 0 Å². The van der Waals surface area contributed by atoms with Gasteiger partial charge < -0.3 is 10.2 Å². The maximum atomic E-state index is 12.7. The smallest absolute Gasteiger partial charge is 0.256 e. The van der Waals surface area contributed by atoms with Gasteiger partial charge >= 0.3 is 0 Å². The minimum Gasteiger partial charge on any atom is -0.339 e. The quantitative estimate of drug-likeness (QED) is 0.777. The number of hydrogen-bond acceptors (Lipinski definition) is 5. The van der Waals surface area contributed by atoms with E-state index in [0.29, 0.717) is 11.4 Å². The summed E-state index contributed by atoms with van der Waals surface area (Å²) in [5.41, 5.74) is 3.56. The molecule has 0 radical (unpaired) electrons. The van der Waals surface area contributed by atoms with E-state index in [1.54, 1.807) is 12.4 Å². The summed E-state index contributed by atoms with van der Waals surface area (Å²) in [6.45, 7) is 3.97. The first-order valence-corrected chi connectivity index (χ1v) is 9.29. The summed E-state index contributed by atoms with van der Waals surface area (Å²) in [7, 11) is 1.87. The van der Waals surface area contributed by atoms with Gasteiger partial charge in [0.15, 0.2) is 5.82 Å². The highest BCUT2D eigenvalue weighted by Gasteiger charge is 2.23. The number of aromatic nitrogens is 3.